The van der Waals surface area contributed by atoms with Gasteiger partial charge in [0.1, 0.15) is 0 Å². The first kappa shape index (κ1) is 16.0. The van der Waals surface area contributed by atoms with Gasteiger partial charge >= 0.3 is 0 Å². The van der Waals surface area contributed by atoms with Gasteiger partial charge in [0.25, 0.3) is 0 Å². The topological polar surface area (TPSA) is 12.0 Å². The van der Waals surface area contributed by atoms with Crippen molar-refractivity contribution < 1.29 is 0 Å². The van der Waals surface area contributed by atoms with Crippen LogP contribution in [-0.4, -0.2) is 6.04 Å². The molecule has 1 nitrogen and oxygen atoms in total. The van der Waals surface area contributed by atoms with E-state index >= 15 is 0 Å². The van der Waals surface area contributed by atoms with Gasteiger partial charge in [-0.2, -0.15) is 0 Å². The summed E-state index contributed by atoms with van der Waals surface area (Å²) in [6, 6.07) is 26.9. The molecular formula is C24H25N. The molecule has 0 aliphatic heterocycles. The Kier molecular flexibility index (Phi) is 4.56. The van der Waals surface area contributed by atoms with Crippen molar-refractivity contribution in [1.29, 1.82) is 0 Å². The molecule has 3 aromatic carbocycles. The van der Waals surface area contributed by atoms with Crippen LogP contribution in [0, 0.1) is 0 Å². The fourth-order valence-electron chi connectivity index (χ4n) is 3.94. The lowest BCUT2D eigenvalue weighted by molar-refractivity contribution is 0.637. The molecule has 0 radical (unpaired) electrons. The van der Waals surface area contributed by atoms with E-state index in [1.807, 2.05) is 0 Å². The van der Waals surface area contributed by atoms with Crippen molar-refractivity contribution in [2.24, 2.45) is 0 Å². The summed E-state index contributed by atoms with van der Waals surface area (Å²) in [5.41, 5.74) is 8.35. The molecule has 0 spiro atoms. The van der Waals surface area contributed by atoms with Crippen LogP contribution in [-0.2, 0) is 12.8 Å². The van der Waals surface area contributed by atoms with E-state index in [0.717, 1.165) is 12.8 Å². The fraction of sp³-hybridized carbons (Fsp3) is 0.250. The lowest BCUT2D eigenvalue weighted by Gasteiger charge is -2.20. The van der Waals surface area contributed by atoms with Gasteiger partial charge in [-0.1, -0.05) is 74.0 Å². The number of anilines is 1. The average molecular weight is 327 g/mol. The Morgan fingerprint density at radius 3 is 2.44 bits per heavy atom. The zero-order valence-electron chi connectivity index (χ0n) is 14.8. The molecule has 0 amide bonds. The molecule has 0 fully saturated rings. The first-order chi connectivity index (χ1) is 12.3. The number of fused-ring (bicyclic) bond motifs is 3. The van der Waals surface area contributed by atoms with Gasteiger partial charge in [-0.25, -0.2) is 0 Å². The molecule has 3 aromatic rings. The minimum absolute atomic E-state index is 0.481. The molecule has 1 aliphatic carbocycles. The summed E-state index contributed by atoms with van der Waals surface area (Å²) in [6.07, 6.45) is 4.51. The minimum atomic E-state index is 0.481. The van der Waals surface area contributed by atoms with E-state index in [4.69, 9.17) is 0 Å². The maximum Gasteiger partial charge on any atom is 0.0345 e. The Balaban J connectivity index is 1.53. The predicted molar refractivity (Wildman–Crippen MR) is 107 cm³/mol. The number of hydrogen-bond acceptors (Lipinski definition) is 1. The van der Waals surface area contributed by atoms with Crippen molar-refractivity contribution in [2.75, 3.05) is 5.32 Å². The van der Waals surface area contributed by atoms with Crippen LogP contribution in [0.3, 0.4) is 0 Å². The first-order valence-electron chi connectivity index (χ1n) is 9.35. The third-order valence-corrected chi connectivity index (χ3v) is 5.13. The van der Waals surface area contributed by atoms with Gasteiger partial charge in [0.05, 0.1) is 0 Å². The van der Waals surface area contributed by atoms with Crippen LogP contribution in [0.25, 0.3) is 11.1 Å². The molecule has 0 saturated heterocycles. The molecule has 1 heteroatoms. The molecule has 0 heterocycles. The van der Waals surface area contributed by atoms with Crippen LogP contribution in [0.1, 0.15) is 36.5 Å². The molecule has 4 rings (SSSR count). The van der Waals surface area contributed by atoms with E-state index in [1.54, 1.807) is 0 Å². The monoisotopic (exact) mass is 327 g/mol. The van der Waals surface area contributed by atoms with E-state index in [1.165, 1.54) is 46.3 Å². The lowest BCUT2D eigenvalue weighted by Crippen LogP contribution is -2.22. The first-order valence-corrected chi connectivity index (χ1v) is 9.35. The number of rotatable bonds is 6. The molecule has 1 N–H and O–H groups in total. The second-order valence-corrected chi connectivity index (χ2v) is 7.03. The molecule has 1 unspecified atom stereocenters. The van der Waals surface area contributed by atoms with Gasteiger partial charge in [0.15, 0.2) is 0 Å². The van der Waals surface area contributed by atoms with Gasteiger partial charge in [-0.05, 0) is 59.2 Å². The van der Waals surface area contributed by atoms with Crippen molar-refractivity contribution in [1.82, 2.24) is 0 Å². The lowest BCUT2D eigenvalue weighted by atomic mass is 10.0. The highest BCUT2D eigenvalue weighted by molar-refractivity contribution is 5.78. The van der Waals surface area contributed by atoms with Gasteiger partial charge in [0.2, 0.25) is 0 Å². The highest BCUT2D eigenvalue weighted by Crippen LogP contribution is 2.37. The van der Waals surface area contributed by atoms with Gasteiger partial charge < -0.3 is 5.32 Å². The zero-order chi connectivity index (χ0) is 17.1. The van der Waals surface area contributed by atoms with Gasteiger partial charge in [-0.15, -0.1) is 0 Å². The standard InChI is InChI=1S/C24H25N/c1-2-8-21(15-18-9-4-3-5-10-18)25-22-13-14-24-20(17-22)16-19-11-6-7-12-23(19)24/h3-7,9-14,17,21,25H,2,8,15-16H2,1H3. The fourth-order valence-corrected chi connectivity index (χ4v) is 3.94. The summed E-state index contributed by atoms with van der Waals surface area (Å²) in [7, 11) is 0. The maximum atomic E-state index is 3.78. The summed E-state index contributed by atoms with van der Waals surface area (Å²) in [5.74, 6) is 0. The number of hydrogen-bond donors (Lipinski definition) is 1. The molecule has 0 saturated carbocycles. The maximum absolute atomic E-state index is 3.78. The van der Waals surface area contributed by atoms with E-state index < -0.39 is 0 Å². The second-order valence-electron chi connectivity index (χ2n) is 7.03. The molecular weight excluding hydrogens is 302 g/mol. The second kappa shape index (κ2) is 7.14. The quantitative estimate of drug-likeness (QED) is 0.452. The van der Waals surface area contributed by atoms with Crippen molar-refractivity contribution in [3.8, 4) is 11.1 Å². The van der Waals surface area contributed by atoms with Crippen molar-refractivity contribution >= 4 is 5.69 Å². The van der Waals surface area contributed by atoms with Gasteiger partial charge in [0, 0.05) is 11.7 Å². The molecule has 25 heavy (non-hydrogen) atoms. The Morgan fingerprint density at radius 1 is 0.840 bits per heavy atom. The minimum Gasteiger partial charge on any atom is -0.382 e. The molecule has 1 aliphatic rings. The Labute approximate surface area is 150 Å². The normalized spacial score (nSPS) is 13.2. The molecule has 1 atom stereocenters. The van der Waals surface area contributed by atoms with Crippen LogP contribution >= 0.6 is 0 Å². The van der Waals surface area contributed by atoms with E-state index in [9.17, 15) is 0 Å². The SMILES string of the molecule is CCCC(Cc1ccccc1)Nc1ccc2c(c1)Cc1ccccc1-2. The highest BCUT2D eigenvalue weighted by Gasteiger charge is 2.18. The third-order valence-electron chi connectivity index (χ3n) is 5.13. The van der Waals surface area contributed by atoms with E-state index in [0.29, 0.717) is 6.04 Å². The largest absolute Gasteiger partial charge is 0.382 e. The summed E-state index contributed by atoms with van der Waals surface area (Å²) in [4.78, 5) is 0. The van der Waals surface area contributed by atoms with Crippen molar-refractivity contribution in [3.05, 3.63) is 89.5 Å². The number of nitrogens with one attached hydrogen (secondary N) is 1. The van der Waals surface area contributed by atoms with Gasteiger partial charge in [-0.3, -0.25) is 0 Å². The Morgan fingerprint density at radius 2 is 1.60 bits per heavy atom. The summed E-state index contributed by atoms with van der Waals surface area (Å²) in [6.45, 7) is 2.26. The summed E-state index contributed by atoms with van der Waals surface area (Å²) in [5, 5.41) is 3.78. The third kappa shape index (κ3) is 3.46. The molecule has 0 aromatic heterocycles. The van der Waals surface area contributed by atoms with Crippen molar-refractivity contribution in [3.63, 3.8) is 0 Å². The molecule has 126 valence electrons. The van der Waals surface area contributed by atoms with E-state index in [2.05, 4.69) is 85.0 Å². The van der Waals surface area contributed by atoms with Crippen LogP contribution in [0.2, 0.25) is 0 Å². The molecule has 0 bridgehead atoms. The van der Waals surface area contributed by atoms with Crippen LogP contribution in [0.5, 0.6) is 0 Å². The zero-order valence-corrected chi connectivity index (χ0v) is 14.8. The Bertz CT molecular complexity index is 851. The average Bonchev–Trinajstić information content (AvgIpc) is 3.00. The number of benzene rings is 3. The van der Waals surface area contributed by atoms with Crippen molar-refractivity contribution in [2.45, 2.75) is 38.6 Å². The smallest absolute Gasteiger partial charge is 0.0345 e. The summed E-state index contributed by atoms with van der Waals surface area (Å²) < 4.78 is 0. The summed E-state index contributed by atoms with van der Waals surface area (Å²) >= 11 is 0. The predicted octanol–water partition coefficient (Wildman–Crippen LogP) is 6.08. The van der Waals surface area contributed by atoms with Crippen LogP contribution < -0.4 is 5.32 Å². The highest BCUT2D eigenvalue weighted by atomic mass is 14.9. The Hall–Kier alpha value is -2.54. The van der Waals surface area contributed by atoms with E-state index in [-0.39, 0.29) is 0 Å². The van der Waals surface area contributed by atoms with Crippen LogP contribution in [0.4, 0.5) is 5.69 Å². The van der Waals surface area contributed by atoms with Crippen LogP contribution in [0.15, 0.2) is 72.8 Å².